The molecule has 1 heterocycles. The summed E-state index contributed by atoms with van der Waals surface area (Å²) in [5, 5.41) is 3.17. The molecule has 15 heavy (non-hydrogen) atoms. The molecule has 1 atom stereocenters. The standard InChI is InChI=1S/C12H18N2O/c1-5-15-10(3)12-6-11(7-14-8-12)9(2)13-4/h6-9,13H,3,5H2,1-2,4H3. The van der Waals surface area contributed by atoms with Crippen LogP contribution in [0.15, 0.2) is 25.0 Å². The van der Waals surface area contributed by atoms with Crippen LogP contribution in [0.4, 0.5) is 0 Å². The summed E-state index contributed by atoms with van der Waals surface area (Å²) in [4.78, 5) is 4.18. The third-order valence-corrected chi connectivity index (χ3v) is 2.33. The van der Waals surface area contributed by atoms with Gasteiger partial charge in [0.1, 0.15) is 5.76 Å². The van der Waals surface area contributed by atoms with E-state index in [-0.39, 0.29) is 6.04 Å². The highest BCUT2D eigenvalue weighted by molar-refractivity contribution is 5.57. The maximum Gasteiger partial charge on any atom is 0.120 e. The molecule has 0 amide bonds. The molecule has 1 aromatic rings. The number of pyridine rings is 1. The molecule has 1 unspecified atom stereocenters. The van der Waals surface area contributed by atoms with Gasteiger partial charge in [0.05, 0.1) is 6.61 Å². The summed E-state index contributed by atoms with van der Waals surface area (Å²) in [7, 11) is 1.93. The average molecular weight is 206 g/mol. The first-order valence-electron chi connectivity index (χ1n) is 5.13. The van der Waals surface area contributed by atoms with Crippen molar-refractivity contribution in [1.29, 1.82) is 0 Å². The van der Waals surface area contributed by atoms with Crippen LogP contribution in [0, 0.1) is 0 Å². The zero-order valence-electron chi connectivity index (χ0n) is 9.58. The second-order valence-electron chi connectivity index (χ2n) is 3.37. The van der Waals surface area contributed by atoms with Gasteiger partial charge in [-0.05, 0) is 32.5 Å². The Labute approximate surface area is 91.2 Å². The Balaban J connectivity index is 2.87. The summed E-state index contributed by atoms with van der Waals surface area (Å²) in [6, 6.07) is 2.33. The van der Waals surface area contributed by atoms with Crippen molar-refractivity contribution in [3.05, 3.63) is 36.2 Å². The van der Waals surface area contributed by atoms with Crippen LogP contribution in [0.5, 0.6) is 0 Å². The minimum Gasteiger partial charge on any atom is -0.494 e. The van der Waals surface area contributed by atoms with E-state index >= 15 is 0 Å². The minimum absolute atomic E-state index is 0.284. The number of hydrogen-bond donors (Lipinski definition) is 1. The summed E-state index contributed by atoms with van der Waals surface area (Å²) in [5.74, 6) is 0.676. The van der Waals surface area contributed by atoms with E-state index in [1.165, 1.54) is 0 Å². The minimum atomic E-state index is 0.284. The van der Waals surface area contributed by atoms with E-state index < -0.39 is 0 Å². The topological polar surface area (TPSA) is 34.1 Å². The van der Waals surface area contributed by atoms with Crippen molar-refractivity contribution in [3.63, 3.8) is 0 Å². The predicted octanol–water partition coefficient (Wildman–Crippen LogP) is 2.37. The van der Waals surface area contributed by atoms with Gasteiger partial charge < -0.3 is 10.1 Å². The number of nitrogens with zero attached hydrogens (tertiary/aromatic N) is 1. The molecule has 0 aromatic carbocycles. The predicted molar refractivity (Wildman–Crippen MR) is 62.4 cm³/mol. The second kappa shape index (κ2) is 5.51. The van der Waals surface area contributed by atoms with Crippen molar-refractivity contribution in [2.75, 3.05) is 13.7 Å². The first-order valence-corrected chi connectivity index (χ1v) is 5.13. The van der Waals surface area contributed by atoms with Gasteiger partial charge in [-0.3, -0.25) is 4.98 Å². The number of nitrogens with one attached hydrogen (secondary N) is 1. The number of aromatic nitrogens is 1. The fourth-order valence-electron chi connectivity index (χ4n) is 1.27. The average Bonchev–Trinajstić information content (AvgIpc) is 2.28. The quantitative estimate of drug-likeness (QED) is 0.751. The molecule has 0 spiro atoms. The van der Waals surface area contributed by atoms with Gasteiger partial charge in [-0.1, -0.05) is 6.58 Å². The molecule has 0 radical (unpaired) electrons. The van der Waals surface area contributed by atoms with E-state index in [0.717, 1.165) is 11.1 Å². The highest BCUT2D eigenvalue weighted by Gasteiger charge is 2.06. The number of hydrogen-bond acceptors (Lipinski definition) is 3. The summed E-state index contributed by atoms with van der Waals surface area (Å²) in [5.41, 5.74) is 2.08. The number of ether oxygens (including phenoxy) is 1. The van der Waals surface area contributed by atoms with Crippen LogP contribution in [0.1, 0.15) is 31.0 Å². The van der Waals surface area contributed by atoms with Crippen LogP contribution in [-0.4, -0.2) is 18.6 Å². The molecule has 0 bridgehead atoms. The van der Waals surface area contributed by atoms with Crippen LogP contribution >= 0.6 is 0 Å². The first kappa shape index (κ1) is 11.7. The van der Waals surface area contributed by atoms with Gasteiger partial charge in [-0.25, -0.2) is 0 Å². The summed E-state index contributed by atoms with van der Waals surface area (Å²) in [6.07, 6.45) is 3.62. The normalized spacial score (nSPS) is 12.2. The Kier molecular flexibility index (Phi) is 4.31. The lowest BCUT2D eigenvalue weighted by Gasteiger charge is -2.12. The van der Waals surface area contributed by atoms with Crippen LogP contribution in [0.2, 0.25) is 0 Å². The van der Waals surface area contributed by atoms with E-state index in [2.05, 4.69) is 23.8 Å². The zero-order chi connectivity index (χ0) is 11.3. The van der Waals surface area contributed by atoms with Crippen molar-refractivity contribution < 1.29 is 4.74 Å². The van der Waals surface area contributed by atoms with Gasteiger partial charge in [-0.15, -0.1) is 0 Å². The summed E-state index contributed by atoms with van der Waals surface area (Å²) >= 11 is 0. The Hall–Kier alpha value is -1.35. The molecule has 1 N–H and O–H groups in total. The molecule has 0 aliphatic heterocycles. The highest BCUT2D eigenvalue weighted by Crippen LogP contribution is 2.17. The van der Waals surface area contributed by atoms with Gasteiger partial charge >= 0.3 is 0 Å². The lowest BCUT2D eigenvalue weighted by molar-refractivity contribution is 0.299. The van der Waals surface area contributed by atoms with E-state index in [4.69, 9.17) is 4.74 Å². The van der Waals surface area contributed by atoms with Crippen LogP contribution in [0.3, 0.4) is 0 Å². The van der Waals surface area contributed by atoms with Crippen LogP contribution in [0.25, 0.3) is 5.76 Å². The lowest BCUT2D eigenvalue weighted by atomic mass is 10.1. The molecule has 0 saturated carbocycles. The van der Waals surface area contributed by atoms with E-state index in [9.17, 15) is 0 Å². The van der Waals surface area contributed by atoms with E-state index in [1.807, 2.05) is 26.2 Å². The third-order valence-electron chi connectivity index (χ3n) is 2.33. The maximum absolute atomic E-state index is 5.34. The molecule has 1 rings (SSSR count). The summed E-state index contributed by atoms with van der Waals surface area (Å²) < 4.78 is 5.34. The maximum atomic E-state index is 5.34. The fraction of sp³-hybridized carbons (Fsp3) is 0.417. The smallest absolute Gasteiger partial charge is 0.120 e. The lowest BCUT2D eigenvalue weighted by Crippen LogP contribution is -2.12. The zero-order valence-corrected chi connectivity index (χ0v) is 9.58. The monoisotopic (exact) mass is 206 g/mol. The van der Waals surface area contributed by atoms with Gasteiger partial charge in [0, 0.05) is 24.0 Å². The highest BCUT2D eigenvalue weighted by atomic mass is 16.5. The molecule has 3 nitrogen and oxygen atoms in total. The molecule has 0 saturated heterocycles. The first-order chi connectivity index (χ1) is 7.19. The van der Waals surface area contributed by atoms with E-state index in [0.29, 0.717) is 12.4 Å². The molecule has 1 aromatic heterocycles. The van der Waals surface area contributed by atoms with Gasteiger partial charge in [-0.2, -0.15) is 0 Å². The molecular formula is C12H18N2O. The number of rotatable bonds is 5. The molecular weight excluding hydrogens is 188 g/mol. The Bertz CT molecular complexity index is 336. The van der Waals surface area contributed by atoms with Gasteiger partial charge in [0.25, 0.3) is 0 Å². The van der Waals surface area contributed by atoms with Crippen LogP contribution in [-0.2, 0) is 4.74 Å². The van der Waals surface area contributed by atoms with Crippen molar-refractivity contribution in [1.82, 2.24) is 10.3 Å². The SMILES string of the molecule is C=C(OCC)c1cncc(C(C)NC)c1. The summed E-state index contributed by atoms with van der Waals surface area (Å²) in [6.45, 7) is 8.52. The van der Waals surface area contributed by atoms with Crippen LogP contribution < -0.4 is 5.32 Å². The Morgan fingerprint density at radius 3 is 2.93 bits per heavy atom. The van der Waals surface area contributed by atoms with Gasteiger partial charge in [0.15, 0.2) is 0 Å². The molecule has 0 aliphatic carbocycles. The molecule has 0 fully saturated rings. The van der Waals surface area contributed by atoms with Crippen molar-refractivity contribution >= 4 is 5.76 Å². The molecule has 3 heteroatoms. The second-order valence-corrected chi connectivity index (χ2v) is 3.37. The van der Waals surface area contributed by atoms with Gasteiger partial charge in [0.2, 0.25) is 0 Å². The molecule has 82 valence electrons. The largest absolute Gasteiger partial charge is 0.494 e. The third kappa shape index (κ3) is 3.06. The Morgan fingerprint density at radius 1 is 1.60 bits per heavy atom. The van der Waals surface area contributed by atoms with Crippen molar-refractivity contribution in [3.8, 4) is 0 Å². The van der Waals surface area contributed by atoms with Crippen molar-refractivity contribution in [2.45, 2.75) is 19.9 Å². The molecule has 0 aliphatic rings. The van der Waals surface area contributed by atoms with E-state index in [1.54, 1.807) is 6.20 Å². The fourth-order valence-corrected chi connectivity index (χ4v) is 1.27. The van der Waals surface area contributed by atoms with Crippen molar-refractivity contribution in [2.24, 2.45) is 0 Å². The Morgan fingerprint density at radius 2 is 2.33 bits per heavy atom.